The lowest BCUT2D eigenvalue weighted by Crippen LogP contribution is -2.46. The molecule has 0 radical (unpaired) electrons. The number of likely N-dealkylation sites (N-methyl/N-ethyl adjacent to an activating group) is 1. The molecule has 1 N–H and O–H groups in total. The molecule has 154 valence electrons. The topological polar surface area (TPSA) is 110 Å². The number of sulfone groups is 1. The molecular formula is C18H23ClN2O6S. The SMILES string of the molecule is C[C@H](NC(=O)c1ccccc1Cl)C(=O)O[C@@H](C)C(=O)N(C)[C@H]1CCS(=O)(=O)C1. The van der Waals surface area contributed by atoms with Crippen molar-refractivity contribution in [3.8, 4) is 0 Å². The zero-order chi connectivity index (χ0) is 21.1. The van der Waals surface area contributed by atoms with Gasteiger partial charge in [0.1, 0.15) is 6.04 Å². The molecule has 1 heterocycles. The molecule has 2 amide bonds. The summed E-state index contributed by atoms with van der Waals surface area (Å²) in [5.41, 5.74) is 0.218. The van der Waals surface area contributed by atoms with Crippen molar-refractivity contribution in [2.45, 2.75) is 38.5 Å². The van der Waals surface area contributed by atoms with Crippen molar-refractivity contribution >= 4 is 39.2 Å². The van der Waals surface area contributed by atoms with Crippen molar-refractivity contribution in [2.75, 3.05) is 18.6 Å². The number of nitrogens with zero attached hydrogens (tertiary/aromatic N) is 1. The van der Waals surface area contributed by atoms with E-state index in [0.717, 1.165) is 0 Å². The number of ether oxygens (including phenoxy) is 1. The lowest BCUT2D eigenvalue weighted by atomic mass is 10.2. The van der Waals surface area contributed by atoms with Gasteiger partial charge in [-0.1, -0.05) is 23.7 Å². The molecule has 10 heteroatoms. The van der Waals surface area contributed by atoms with Gasteiger partial charge in [0.05, 0.1) is 22.1 Å². The van der Waals surface area contributed by atoms with E-state index in [1.165, 1.54) is 31.9 Å². The summed E-state index contributed by atoms with van der Waals surface area (Å²) in [6.45, 7) is 2.84. The lowest BCUT2D eigenvalue weighted by Gasteiger charge is -2.27. The Balaban J connectivity index is 1.91. The predicted molar refractivity (Wildman–Crippen MR) is 104 cm³/mol. The average molecular weight is 431 g/mol. The van der Waals surface area contributed by atoms with E-state index in [0.29, 0.717) is 6.42 Å². The van der Waals surface area contributed by atoms with Crippen LogP contribution in [0.3, 0.4) is 0 Å². The number of halogens is 1. The Hall–Kier alpha value is -2.13. The van der Waals surface area contributed by atoms with E-state index in [2.05, 4.69) is 5.32 Å². The highest BCUT2D eigenvalue weighted by molar-refractivity contribution is 7.91. The van der Waals surface area contributed by atoms with Gasteiger partial charge >= 0.3 is 5.97 Å². The van der Waals surface area contributed by atoms with Gasteiger partial charge < -0.3 is 15.0 Å². The summed E-state index contributed by atoms with van der Waals surface area (Å²) >= 11 is 5.96. The number of nitrogens with one attached hydrogen (secondary N) is 1. The summed E-state index contributed by atoms with van der Waals surface area (Å²) < 4.78 is 28.3. The molecule has 0 aromatic heterocycles. The molecular weight excluding hydrogens is 408 g/mol. The highest BCUT2D eigenvalue weighted by Crippen LogP contribution is 2.18. The molecule has 0 saturated carbocycles. The van der Waals surface area contributed by atoms with Gasteiger partial charge in [-0.2, -0.15) is 0 Å². The summed E-state index contributed by atoms with van der Waals surface area (Å²) in [5, 5.41) is 2.72. The first-order chi connectivity index (χ1) is 13.0. The van der Waals surface area contributed by atoms with Gasteiger partial charge in [0.15, 0.2) is 15.9 Å². The minimum Gasteiger partial charge on any atom is -0.451 e. The van der Waals surface area contributed by atoms with Crippen LogP contribution in [0.5, 0.6) is 0 Å². The van der Waals surface area contributed by atoms with Crippen molar-refractivity contribution < 1.29 is 27.5 Å². The van der Waals surface area contributed by atoms with Crippen molar-refractivity contribution in [2.24, 2.45) is 0 Å². The van der Waals surface area contributed by atoms with Crippen LogP contribution in [0.1, 0.15) is 30.6 Å². The standard InChI is InChI=1S/C18H23ClN2O6S/c1-11(20-16(22)14-6-4-5-7-15(14)19)18(24)27-12(2)17(23)21(3)13-8-9-28(25,26)10-13/h4-7,11-13H,8-10H2,1-3H3,(H,20,22)/t11-,12-,13-/m0/s1. The number of hydrogen-bond acceptors (Lipinski definition) is 6. The Morgan fingerprint density at radius 3 is 2.46 bits per heavy atom. The third-order valence-corrected chi connectivity index (χ3v) is 6.64. The number of benzene rings is 1. The van der Waals surface area contributed by atoms with Crippen molar-refractivity contribution in [3.05, 3.63) is 34.9 Å². The molecule has 0 bridgehead atoms. The number of amides is 2. The fourth-order valence-corrected chi connectivity index (χ4v) is 4.85. The van der Waals surface area contributed by atoms with E-state index in [-0.39, 0.29) is 22.1 Å². The molecule has 1 aliphatic rings. The summed E-state index contributed by atoms with van der Waals surface area (Å²) in [7, 11) is -1.65. The second-order valence-electron chi connectivity index (χ2n) is 6.76. The molecule has 1 aromatic carbocycles. The summed E-state index contributed by atoms with van der Waals surface area (Å²) in [4.78, 5) is 38.2. The van der Waals surface area contributed by atoms with Crippen LogP contribution in [0.15, 0.2) is 24.3 Å². The van der Waals surface area contributed by atoms with Crippen molar-refractivity contribution in [1.29, 1.82) is 0 Å². The smallest absolute Gasteiger partial charge is 0.329 e. The average Bonchev–Trinajstić information content (AvgIpc) is 3.00. The monoisotopic (exact) mass is 430 g/mol. The minimum absolute atomic E-state index is 0.0363. The molecule has 0 unspecified atom stereocenters. The Labute approximate surface area is 169 Å². The van der Waals surface area contributed by atoms with Crippen LogP contribution in [0.4, 0.5) is 0 Å². The second-order valence-corrected chi connectivity index (χ2v) is 9.40. The summed E-state index contributed by atoms with van der Waals surface area (Å²) in [5.74, 6) is -1.88. The van der Waals surface area contributed by atoms with Crippen LogP contribution in [0, 0.1) is 0 Å². The predicted octanol–water partition coefficient (Wildman–Crippen LogP) is 1.04. The molecule has 0 aliphatic carbocycles. The van der Waals surface area contributed by atoms with Gasteiger partial charge in [0.2, 0.25) is 0 Å². The first kappa shape index (κ1) is 22.2. The maximum Gasteiger partial charge on any atom is 0.329 e. The van der Waals surface area contributed by atoms with E-state index >= 15 is 0 Å². The Kier molecular flexibility index (Phi) is 7.06. The van der Waals surface area contributed by atoms with Gasteiger partial charge in [0, 0.05) is 13.1 Å². The van der Waals surface area contributed by atoms with Crippen molar-refractivity contribution in [1.82, 2.24) is 10.2 Å². The molecule has 1 aliphatic heterocycles. The maximum absolute atomic E-state index is 12.4. The largest absolute Gasteiger partial charge is 0.451 e. The van der Waals surface area contributed by atoms with Gasteiger partial charge in [-0.15, -0.1) is 0 Å². The van der Waals surface area contributed by atoms with Gasteiger partial charge in [-0.3, -0.25) is 9.59 Å². The van der Waals surface area contributed by atoms with Crippen LogP contribution in [0.2, 0.25) is 5.02 Å². The number of esters is 1. The first-order valence-electron chi connectivity index (χ1n) is 8.75. The third-order valence-electron chi connectivity index (χ3n) is 4.56. The molecule has 0 spiro atoms. The van der Waals surface area contributed by atoms with Crippen LogP contribution in [-0.2, 0) is 24.2 Å². The normalized spacial score (nSPS) is 20.1. The molecule has 1 saturated heterocycles. The molecule has 1 fully saturated rings. The second kappa shape index (κ2) is 8.91. The molecule has 2 rings (SSSR count). The minimum atomic E-state index is -3.14. The Morgan fingerprint density at radius 2 is 1.89 bits per heavy atom. The zero-order valence-electron chi connectivity index (χ0n) is 15.8. The van der Waals surface area contributed by atoms with E-state index in [9.17, 15) is 22.8 Å². The molecule has 1 aromatic rings. The van der Waals surface area contributed by atoms with E-state index in [1.807, 2.05) is 0 Å². The molecule has 8 nitrogen and oxygen atoms in total. The fraction of sp³-hybridized carbons (Fsp3) is 0.500. The van der Waals surface area contributed by atoms with Gasteiger partial charge in [-0.05, 0) is 32.4 Å². The maximum atomic E-state index is 12.4. The van der Waals surface area contributed by atoms with Crippen LogP contribution < -0.4 is 5.32 Å². The zero-order valence-corrected chi connectivity index (χ0v) is 17.4. The number of hydrogen-bond donors (Lipinski definition) is 1. The van der Waals surface area contributed by atoms with E-state index in [4.69, 9.17) is 16.3 Å². The Bertz CT molecular complexity index is 873. The highest BCUT2D eigenvalue weighted by atomic mass is 35.5. The highest BCUT2D eigenvalue weighted by Gasteiger charge is 2.35. The third kappa shape index (κ3) is 5.45. The van der Waals surface area contributed by atoms with Crippen molar-refractivity contribution in [3.63, 3.8) is 0 Å². The van der Waals surface area contributed by atoms with E-state index in [1.54, 1.807) is 18.2 Å². The molecule has 3 atom stereocenters. The number of rotatable bonds is 6. The number of carbonyl (C=O) groups excluding carboxylic acids is 3. The van der Waals surface area contributed by atoms with Crippen LogP contribution >= 0.6 is 11.6 Å². The van der Waals surface area contributed by atoms with Crippen LogP contribution in [0.25, 0.3) is 0 Å². The first-order valence-corrected chi connectivity index (χ1v) is 10.9. The lowest BCUT2D eigenvalue weighted by molar-refractivity contribution is -0.160. The van der Waals surface area contributed by atoms with Crippen LogP contribution in [-0.4, -0.2) is 67.8 Å². The number of carbonyl (C=O) groups is 3. The fourth-order valence-electron chi connectivity index (χ4n) is 2.85. The summed E-state index contributed by atoms with van der Waals surface area (Å²) in [6.07, 6.45) is -0.754. The quantitative estimate of drug-likeness (QED) is 0.675. The van der Waals surface area contributed by atoms with Gasteiger partial charge in [0.25, 0.3) is 11.8 Å². The Morgan fingerprint density at radius 1 is 1.25 bits per heavy atom. The molecule has 28 heavy (non-hydrogen) atoms. The summed E-state index contributed by atoms with van der Waals surface area (Å²) in [6, 6.07) is 4.96. The van der Waals surface area contributed by atoms with E-state index < -0.39 is 45.8 Å². The van der Waals surface area contributed by atoms with Gasteiger partial charge in [-0.25, -0.2) is 13.2 Å².